The normalized spacial score (nSPS) is 17.1. The molecule has 0 saturated heterocycles. The topological polar surface area (TPSA) is 82.4 Å². The minimum Gasteiger partial charge on any atom is -0.493 e. The van der Waals surface area contributed by atoms with E-state index in [0.29, 0.717) is 35.3 Å². The van der Waals surface area contributed by atoms with Gasteiger partial charge in [0.1, 0.15) is 6.26 Å². The van der Waals surface area contributed by atoms with Crippen LogP contribution in [-0.4, -0.2) is 36.5 Å². The molecule has 2 aromatic carbocycles. The van der Waals surface area contributed by atoms with Gasteiger partial charge in [-0.25, -0.2) is 4.98 Å². The number of aromatic amines is 1. The van der Waals surface area contributed by atoms with E-state index in [1.54, 1.807) is 33.8 Å². The summed E-state index contributed by atoms with van der Waals surface area (Å²) in [6, 6.07) is 14.3. The van der Waals surface area contributed by atoms with E-state index in [-0.39, 0.29) is 0 Å². The zero-order valence-electron chi connectivity index (χ0n) is 18.1. The molecule has 0 amide bonds. The Balaban J connectivity index is 1.73. The van der Waals surface area contributed by atoms with E-state index < -0.39 is 5.41 Å². The van der Waals surface area contributed by atoms with Crippen molar-refractivity contribution < 1.29 is 18.6 Å². The molecular weight excluding hydrogens is 406 g/mol. The summed E-state index contributed by atoms with van der Waals surface area (Å²) in [6.45, 7) is 0. The lowest BCUT2D eigenvalue weighted by Crippen LogP contribution is -2.31. The minimum absolute atomic E-state index is 0.489. The molecular formula is C25H23N3O4. The van der Waals surface area contributed by atoms with Crippen LogP contribution in [0, 0.1) is 0 Å². The quantitative estimate of drug-likeness (QED) is 0.481. The Kier molecular flexibility index (Phi) is 4.93. The maximum atomic E-state index is 5.87. The number of aromatic nitrogens is 3. The van der Waals surface area contributed by atoms with Crippen LogP contribution in [0.5, 0.6) is 17.2 Å². The van der Waals surface area contributed by atoms with Gasteiger partial charge in [0.2, 0.25) is 11.6 Å². The van der Waals surface area contributed by atoms with Crippen molar-refractivity contribution in [3.05, 3.63) is 83.4 Å². The molecule has 0 spiro atoms. The van der Waals surface area contributed by atoms with Crippen molar-refractivity contribution >= 4 is 6.08 Å². The van der Waals surface area contributed by atoms with Gasteiger partial charge in [-0.3, -0.25) is 5.10 Å². The lowest BCUT2D eigenvalue weighted by Gasteiger charge is -2.36. The number of ether oxygens (including phenoxy) is 3. The van der Waals surface area contributed by atoms with Crippen LogP contribution in [0.2, 0.25) is 0 Å². The third kappa shape index (κ3) is 2.97. The molecule has 0 saturated carbocycles. The highest BCUT2D eigenvalue weighted by atomic mass is 16.5. The maximum Gasteiger partial charge on any atom is 0.247 e. The number of hydrogen-bond acceptors (Lipinski definition) is 6. The summed E-state index contributed by atoms with van der Waals surface area (Å²) in [5.74, 6) is 2.30. The number of nitrogens with one attached hydrogen (secondary N) is 1. The summed E-state index contributed by atoms with van der Waals surface area (Å²) < 4.78 is 22.5. The van der Waals surface area contributed by atoms with Gasteiger partial charge in [-0.2, -0.15) is 5.10 Å². The zero-order chi connectivity index (χ0) is 22.1. The lowest BCUT2D eigenvalue weighted by atomic mass is 9.68. The van der Waals surface area contributed by atoms with Gasteiger partial charge in [-0.05, 0) is 11.6 Å². The molecule has 5 rings (SSSR count). The van der Waals surface area contributed by atoms with E-state index in [9.17, 15) is 0 Å². The van der Waals surface area contributed by atoms with E-state index in [1.807, 2.05) is 30.3 Å². The van der Waals surface area contributed by atoms with Crippen molar-refractivity contribution in [3.8, 4) is 28.8 Å². The number of methoxy groups -OCH3 is 3. The molecule has 162 valence electrons. The highest BCUT2D eigenvalue weighted by Gasteiger charge is 2.40. The second-order valence-electron chi connectivity index (χ2n) is 7.53. The number of H-pyrrole nitrogens is 1. The molecule has 32 heavy (non-hydrogen) atoms. The summed E-state index contributed by atoms with van der Waals surface area (Å²) in [7, 11) is 4.88. The van der Waals surface area contributed by atoms with Crippen molar-refractivity contribution in [2.75, 3.05) is 21.3 Å². The van der Waals surface area contributed by atoms with E-state index in [2.05, 4.69) is 39.5 Å². The van der Waals surface area contributed by atoms with Crippen LogP contribution in [0.4, 0.5) is 0 Å². The summed E-state index contributed by atoms with van der Waals surface area (Å²) in [6.07, 6.45) is 8.07. The lowest BCUT2D eigenvalue weighted by molar-refractivity contribution is 0.319. The van der Waals surface area contributed by atoms with Crippen LogP contribution in [0.15, 0.2) is 65.4 Å². The second-order valence-corrected chi connectivity index (χ2v) is 7.53. The van der Waals surface area contributed by atoms with Gasteiger partial charge in [0, 0.05) is 28.7 Å². The number of hydrogen-bond donors (Lipinski definition) is 1. The summed E-state index contributed by atoms with van der Waals surface area (Å²) in [4.78, 5) is 4.26. The molecule has 1 N–H and O–H groups in total. The largest absolute Gasteiger partial charge is 0.493 e. The average molecular weight is 429 g/mol. The third-order valence-corrected chi connectivity index (χ3v) is 5.98. The Morgan fingerprint density at radius 3 is 2.47 bits per heavy atom. The van der Waals surface area contributed by atoms with Crippen LogP contribution < -0.4 is 14.2 Å². The Morgan fingerprint density at radius 2 is 1.78 bits per heavy atom. The van der Waals surface area contributed by atoms with Gasteiger partial charge in [-0.1, -0.05) is 48.6 Å². The number of oxazole rings is 1. The SMILES string of the molecule is COc1ccc(C2(c3ccccc3)C=Cc3c(-c4ncco4)n[nH]c3C2)c(OC)c1OC. The molecule has 4 aromatic rings. The molecule has 1 unspecified atom stereocenters. The van der Waals surface area contributed by atoms with Crippen LogP contribution in [0.25, 0.3) is 17.7 Å². The smallest absolute Gasteiger partial charge is 0.247 e. The molecule has 1 aliphatic carbocycles. The van der Waals surface area contributed by atoms with E-state index in [1.165, 1.54) is 0 Å². The molecule has 2 heterocycles. The molecule has 7 nitrogen and oxygen atoms in total. The standard InChI is InChI=1S/C25H23N3O4/c1-29-20-10-9-18(22(30-2)23(20)31-3)25(16-7-5-4-6-8-16)12-11-17-19(15-25)27-28-21(17)24-26-13-14-32-24/h4-14H,15H2,1-3H3,(H,27,28). The summed E-state index contributed by atoms with van der Waals surface area (Å²) in [5.41, 5.74) is 4.24. The molecule has 0 bridgehead atoms. The Hall–Kier alpha value is -4.00. The van der Waals surface area contributed by atoms with E-state index in [4.69, 9.17) is 18.6 Å². The third-order valence-electron chi connectivity index (χ3n) is 5.98. The fourth-order valence-corrected chi connectivity index (χ4v) is 4.49. The van der Waals surface area contributed by atoms with Crippen LogP contribution in [0.1, 0.15) is 22.4 Å². The Labute approximate surface area is 185 Å². The molecule has 1 atom stereocenters. The first-order valence-electron chi connectivity index (χ1n) is 10.2. The molecule has 0 aliphatic heterocycles. The number of nitrogens with zero attached hydrogens (tertiary/aromatic N) is 2. The number of allylic oxidation sites excluding steroid dienone is 1. The van der Waals surface area contributed by atoms with Crippen molar-refractivity contribution in [2.45, 2.75) is 11.8 Å². The fraction of sp³-hybridized carbons (Fsp3) is 0.200. The average Bonchev–Trinajstić information content (AvgIpc) is 3.52. The highest BCUT2D eigenvalue weighted by molar-refractivity contribution is 5.74. The number of benzene rings is 2. The summed E-state index contributed by atoms with van der Waals surface area (Å²) >= 11 is 0. The molecule has 2 aromatic heterocycles. The highest BCUT2D eigenvalue weighted by Crippen LogP contribution is 2.50. The first-order valence-corrected chi connectivity index (χ1v) is 10.2. The first-order chi connectivity index (χ1) is 15.7. The molecule has 0 radical (unpaired) electrons. The predicted molar refractivity (Wildman–Crippen MR) is 120 cm³/mol. The van der Waals surface area contributed by atoms with Crippen molar-refractivity contribution in [1.29, 1.82) is 0 Å². The van der Waals surface area contributed by atoms with Crippen LogP contribution in [0.3, 0.4) is 0 Å². The molecule has 0 fully saturated rings. The van der Waals surface area contributed by atoms with E-state index in [0.717, 1.165) is 22.4 Å². The monoisotopic (exact) mass is 429 g/mol. The maximum absolute atomic E-state index is 5.87. The summed E-state index contributed by atoms with van der Waals surface area (Å²) in [5, 5.41) is 7.69. The fourth-order valence-electron chi connectivity index (χ4n) is 4.49. The van der Waals surface area contributed by atoms with Crippen LogP contribution in [-0.2, 0) is 11.8 Å². The Bertz CT molecular complexity index is 1260. The van der Waals surface area contributed by atoms with Gasteiger partial charge in [-0.15, -0.1) is 0 Å². The van der Waals surface area contributed by atoms with E-state index >= 15 is 0 Å². The van der Waals surface area contributed by atoms with Gasteiger partial charge in [0.15, 0.2) is 17.2 Å². The van der Waals surface area contributed by atoms with Gasteiger partial charge in [0.05, 0.1) is 27.5 Å². The molecule has 7 heteroatoms. The van der Waals surface area contributed by atoms with Crippen molar-refractivity contribution in [1.82, 2.24) is 15.2 Å². The van der Waals surface area contributed by atoms with Crippen molar-refractivity contribution in [3.63, 3.8) is 0 Å². The van der Waals surface area contributed by atoms with Gasteiger partial charge >= 0.3 is 0 Å². The van der Waals surface area contributed by atoms with Gasteiger partial charge < -0.3 is 18.6 Å². The second kappa shape index (κ2) is 7.92. The molecule has 1 aliphatic rings. The number of fused-ring (bicyclic) bond motifs is 1. The number of rotatable bonds is 6. The zero-order valence-corrected chi connectivity index (χ0v) is 18.1. The minimum atomic E-state index is -0.514. The predicted octanol–water partition coefficient (Wildman–Crippen LogP) is 4.65. The van der Waals surface area contributed by atoms with Crippen LogP contribution >= 0.6 is 0 Å². The van der Waals surface area contributed by atoms with Crippen molar-refractivity contribution in [2.24, 2.45) is 0 Å². The first kappa shape index (κ1) is 19.9. The van der Waals surface area contributed by atoms with Gasteiger partial charge in [0.25, 0.3) is 0 Å². The Morgan fingerprint density at radius 1 is 0.969 bits per heavy atom.